The summed E-state index contributed by atoms with van der Waals surface area (Å²) < 4.78 is 11.6. The molecule has 6 nitrogen and oxygen atoms in total. The molecule has 0 saturated carbocycles. The Hall–Kier alpha value is -2.12. The first-order chi connectivity index (χ1) is 15.8. The van der Waals surface area contributed by atoms with Gasteiger partial charge in [0, 0.05) is 38.1 Å². The van der Waals surface area contributed by atoms with Gasteiger partial charge in [0.15, 0.2) is 0 Å². The van der Waals surface area contributed by atoms with Gasteiger partial charge in [-0.05, 0) is 48.2 Å². The molecular formula is C27H40N2O4. The van der Waals surface area contributed by atoms with E-state index in [0.29, 0.717) is 26.2 Å². The van der Waals surface area contributed by atoms with Crippen LogP contribution in [0.3, 0.4) is 0 Å². The monoisotopic (exact) mass is 456 g/mol. The van der Waals surface area contributed by atoms with Crippen LogP contribution >= 0.6 is 0 Å². The molecule has 6 heteroatoms. The number of aryl methyl sites for hydroxylation is 1. The molecule has 0 radical (unpaired) electrons. The van der Waals surface area contributed by atoms with Gasteiger partial charge in [-0.1, -0.05) is 45.0 Å². The van der Waals surface area contributed by atoms with Crippen LogP contribution in [0, 0.1) is 6.92 Å². The third kappa shape index (κ3) is 7.18. The van der Waals surface area contributed by atoms with Gasteiger partial charge < -0.3 is 25.0 Å². The largest absolute Gasteiger partial charge is 0.491 e. The van der Waals surface area contributed by atoms with E-state index in [-0.39, 0.29) is 5.41 Å². The SMILES string of the molecule is CCC(O)COc1ccc(C(C)(C)c2ccc(OCC(O)CN3CCNCC3)cc2)cc1C. The lowest BCUT2D eigenvalue weighted by Gasteiger charge is -2.29. The number of aliphatic hydroxyl groups is 2. The van der Waals surface area contributed by atoms with Gasteiger partial charge in [-0.2, -0.15) is 0 Å². The number of β-amino-alcohol motifs (C(OH)–C–C–N with tert-alkyl or cyclic N) is 1. The summed E-state index contributed by atoms with van der Waals surface area (Å²) in [5, 5.41) is 23.4. The molecule has 0 amide bonds. The maximum Gasteiger partial charge on any atom is 0.122 e. The van der Waals surface area contributed by atoms with Crippen molar-refractivity contribution in [3.05, 3.63) is 59.2 Å². The van der Waals surface area contributed by atoms with Crippen molar-refractivity contribution < 1.29 is 19.7 Å². The van der Waals surface area contributed by atoms with Gasteiger partial charge in [0.2, 0.25) is 0 Å². The summed E-state index contributed by atoms with van der Waals surface area (Å²) in [4.78, 5) is 2.26. The molecule has 0 spiro atoms. The molecule has 3 N–H and O–H groups in total. The molecule has 1 aliphatic heterocycles. The molecule has 0 aliphatic carbocycles. The predicted molar refractivity (Wildman–Crippen MR) is 132 cm³/mol. The fraction of sp³-hybridized carbons (Fsp3) is 0.556. The number of nitrogens with zero attached hydrogens (tertiary/aromatic N) is 1. The summed E-state index contributed by atoms with van der Waals surface area (Å²) in [6, 6.07) is 14.4. The Bertz CT molecular complexity index is 863. The van der Waals surface area contributed by atoms with Crippen LogP contribution in [-0.4, -0.2) is 73.3 Å². The molecule has 1 fully saturated rings. The summed E-state index contributed by atoms with van der Waals surface area (Å²) >= 11 is 0. The van der Waals surface area contributed by atoms with E-state index in [2.05, 4.69) is 48.3 Å². The van der Waals surface area contributed by atoms with E-state index in [0.717, 1.165) is 43.2 Å². The van der Waals surface area contributed by atoms with E-state index < -0.39 is 12.2 Å². The molecule has 182 valence electrons. The van der Waals surface area contributed by atoms with Crippen molar-refractivity contribution in [3.8, 4) is 11.5 Å². The molecule has 2 unspecified atom stereocenters. The molecular weight excluding hydrogens is 416 g/mol. The number of nitrogens with one attached hydrogen (secondary N) is 1. The fourth-order valence-electron chi connectivity index (χ4n) is 4.08. The summed E-state index contributed by atoms with van der Waals surface area (Å²) in [6.07, 6.45) is -0.260. The Morgan fingerprint density at radius 1 is 0.939 bits per heavy atom. The zero-order valence-corrected chi connectivity index (χ0v) is 20.5. The molecule has 1 aliphatic rings. The van der Waals surface area contributed by atoms with Crippen LogP contribution in [0.15, 0.2) is 42.5 Å². The van der Waals surface area contributed by atoms with Crippen LogP contribution in [0.25, 0.3) is 0 Å². The van der Waals surface area contributed by atoms with Crippen LogP contribution in [-0.2, 0) is 5.41 Å². The van der Waals surface area contributed by atoms with Crippen molar-refractivity contribution in [3.63, 3.8) is 0 Å². The standard InChI is InChI=1S/C27H40N2O4/c1-5-23(30)18-33-26-11-8-22(16-20(26)2)27(3,4)21-6-9-25(10-7-21)32-19-24(31)17-29-14-12-28-13-15-29/h6-11,16,23-24,28,30-31H,5,12-15,17-19H2,1-4H3. The highest BCUT2D eigenvalue weighted by atomic mass is 16.5. The Kier molecular flexibility index (Phi) is 9.15. The molecule has 2 aromatic carbocycles. The molecule has 33 heavy (non-hydrogen) atoms. The summed E-state index contributed by atoms with van der Waals surface area (Å²) in [6.45, 7) is 13.5. The Labute approximate surface area is 198 Å². The average molecular weight is 457 g/mol. The highest BCUT2D eigenvalue weighted by molar-refractivity contribution is 5.45. The smallest absolute Gasteiger partial charge is 0.122 e. The molecule has 1 heterocycles. The van der Waals surface area contributed by atoms with E-state index in [9.17, 15) is 10.2 Å². The maximum atomic E-state index is 10.3. The van der Waals surface area contributed by atoms with Crippen molar-refractivity contribution in [2.24, 2.45) is 0 Å². The minimum absolute atomic E-state index is 0.188. The van der Waals surface area contributed by atoms with Gasteiger partial charge in [-0.25, -0.2) is 0 Å². The van der Waals surface area contributed by atoms with Gasteiger partial charge >= 0.3 is 0 Å². The second-order valence-corrected chi connectivity index (χ2v) is 9.52. The quantitative estimate of drug-likeness (QED) is 0.483. The lowest BCUT2D eigenvalue weighted by atomic mass is 9.77. The van der Waals surface area contributed by atoms with Gasteiger partial charge in [0.1, 0.15) is 30.8 Å². The highest BCUT2D eigenvalue weighted by Crippen LogP contribution is 2.34. The molecule has 1 saturated heterocycles. The van der Waals surface area contributed by atoms with Crippen molar-refractivity contribution >= 4 is 0 Å². The van der Waals surface area contributed by atoms with E-state index in [1.807, 2.05) is 32.0 Å². The van der Waals surface area contributed by atoms with Crippen LogP contribution in [0.5, 0.6) is 11.5 Å². The van der Waals surface area contributed by atoms with Crippen molar-refractivity contribution in [1.29, 1.82) is 0 Å². The van der Waals surface area contributed by atoms with Gasteiger partial charge in [-0.3, -0.25) is 4.90 Å². The molecule has 2 aromatic rings. The van der Waals surface area contributed by atoms with Crippen molar-refractivity contribution in [1.82, 2.24) is 10.2 Å². The Morgan fingerprint density at radius 2 is 1.58 bits per heavy atom. The van der Waals surface area contributed by atoms with E-state index >= 15 is 0 Å². The van der Waals surface area contributed by atoms with Gasteiger partial charge in [0.05, 0.1) is 6.10 Å². The van der Waals surface area contributed by atoms with E-state index in [1.165, 1.54) is 11.1 Å². The summed E-state index contributed by atoms with van der Waals surface area (Å²) in [7, 11) is 0. The van der Waals surface area contributed by atoms with Crippen molar-refractivity contribution in [2.75, 3.05) is 45.9 Å². The molecule has 0 bridgehead atoms. The number of benzene rings is 2. The Morgan fingerprint density at radius 3 is 2.21 bits per heavy atom. The third-order valence-corrected chi connectivity index (χ3v) is 6.50. The predicted octanol–water partition coefficient (Wildman–Crippen LogP) is 3.12. The topological polar surface area (TPSA) is 74.2 Å². The van der Waals surface area contributed by atoms with Crippen molar-refractivity contribution in [2.45, 2.75) is 51.7 Å². The average Bonchev–Trinajstić information content (AvgIpc) is 2.82. The minimum Gasteiger partial charge on any atom is -0.491 e. The number of aliphatic hydroxyl groups excluding tert-OH is 2. The van der Waals surface area contributed by atoms with Crippen LogP contribution < -0.4 is 14.8 Å². The Balaban J connectivity index is 1.57. The highest BCUT2D eigenvalue weighted by Gasteiger charge is 2.24. The third-order valence-electron chi connectivity index (χ3n) is 6.50. The van der Waals surface area contributed by atoms with Gasteiger partial charge in [0.25, 0.3) is 0 Å². The lowest BCUT2D eigenvalue weighted by Crippen LogP contribution is -2.47. The first-order valence-corrected chi connectivity index (χ1v) is 12.1. The van der Waals surface area contributed by atoms with Gasteiger partial charge in [-0.15, -0.1) is 0 Å². The number of rotatable bonds is 11. The number of hydrogen-bond donors (Lipinski definition) is 3. The first kappa shape index (κ1) is 25.5. The van der Waals surface area contributed by atoms with Crippen LogP contribution in [0.2, 0.25) is 0 Å². The van der Waals surface area contributed by atoms with Crippen LogP contribution in [0.1, 0.15) is 43.9 Å². The lowest BCUT2D eigenvalue weighted by molar-refractivity contribution is 0.0641. The van der Waals surface area contributed by atoms with Crippen LogP contribution in [0.4, 0.5) is 0 Å². The number of piperazine rings is 1. The summed E-state index contributed by atoms with van der Waals surface area (Å²) in [5.74, 6) is 1.58. The minimum atomic E-state index is -0.499. The zero-order chi connectivity index (χ0) is 23.8. The van der Waals surface area contributed by atoms with E-state index in [4.69, 9.17) is 9.47 Å². The molecule has 2 atom stereocenters. The summed E-state index contributed by atoms with van der Waals surface area (Å²) in [5.41, 5.74) is 3.25. The second-order valence-electron chi connectivity index (χ2n) is 9.52. The number of ether oxygens (including phenoxy) is 2. The zero-order valence-electron chi connectivity index (χ0n) is 20.5. The first-order valence-electron chi connectivity index (χ1n) is 12.1. The molecule has 0 aromatic heterocycles. The molecule has 3 rings (SSSR count). The number of hydrogen-bond acceptors (Lipinski definition) is 6. The normalized spacial score (nSPS) is 16.9. The fourth-order valence-corrected chi connectivity index (χ4v) is 4.08. The second kappa shape index (κ2) is 11.8. The maximum absolute atomic E-state index is 10.3. The van der Waals surface area contributed by atoms with E-state index in [1.54, 1.807) is 0 Å².